The maximum atomic E-state index is 12.3. The van der Waals surface area contributed by atoms with E-state index in [0.29, 0.717) is 16.9 Å². The second-order valence-electron chi connectivity index (χ2n) is 6.45. The highest BCUT2D eigenvalue weighted by Gasteiger charge is 2.36. The molecular weight excluding hydrogens is 282 g/mol. The van der Waals surface area contributed by atoms with Gasteiger partial charge in [-0.2, -0.15) is 0 Å². The highest BCUT2D eigenvalue weighted by atomic mass is 32.2. The van der Waals surface area contributed by atoms with Crippen LogP contribution in [0, 0.1) is 5.92 Å². The van der Waals surface area contributed by atoms with Gasteiger partial charge in [-0.15, -0.1) is 0 Å². The van der Waals surface area contributed by atoms with Crippen LogP contribution in [0.4, 0.5) is 0 Å². The standard InChI is InChI=1S/C17H25NO2S/c1-2-15(13-8-4-3-5-9-13)18-16-12-21(19,20)17-11-7-6-10-14(16)17/h6-7,10-11,13,15-16,18H,2-5,8-9,12H2,1H3. The van der Waals surface area contributed by atoms with Crippen molar-refractivity contribution in [3.63, 3.8) is 0 Å². The van der Waals surface area contributed by atoms with Crippen molar-refractivity contribution < 1.29 is 8.42 Å². The molecule has 1 heterocycles. The molecule has 1 N–H and O–H groups in total. The molecule has 0 radical (unpaired) electrons. The molecule has 1 aliphatic carbocycles. The quantitative estimate of drug-likeness (QED) is 0.926. The fourth-order valence-corrected chi connectivity index (χ4v) is 5.72. The number of rotatable bonds is 4. The smallest absolute Gasteiger partial charge is 0.180 e. The third-order valence-corrected chi connectivity index (χ3v) is 6.90. The third kappa shape index (κ3) is 3.02. The van der Waals surface area contributed by atoms with Crippen molar-refractivity contribution in [2.24, 2.45) is 5.92 Å². The van der Waals surface area contributed by atoms with E-state index in [-0.39, 0.29) is 11.8 Å². The van der Waals surface area contributed by atoms with Gasteiger partial charge in [0.25, 0.3) is 0 Å². The van der Waals surface area contributed by atoms with E-state index < -0.39 is 9.84 Å². The Kier molecular flexibility index (Phi) is 4.36. The van der Waals surface area contributed by atoms with Crippen molar-refractivity contribution in [2.75, 3.05) is 5.75 Å². The number of benzene rings is 1. The Bertz CT molecular complexity index is 591. The van der Waals surface area contributed by atoms with Gasteiger partial charge >= 0.3 is 0 Å². The van der Waals surface area contributed by atoms with Crippen LogP contribution < -0.4 is 5.32 Å². The Morgan fingerprint density at radius 2 is 1.90 bits per heavy atom. The van der Waals surface area contributed by atoms with Crippen molar-refractivity contribution in [1.29, 1.82) is 0 Å². The van der Waals surface area contributed by atoms with Crippen LogP contribution in [0.2, 0.25) is 0 Å². The van der Waals surface area contributed by atoms with Gasteiger partial charge in [0.2, 0.25) is 0 Å². The second-order valence-corrected chi connectivity index (χ2v) is 8.45. The number of fused-ring (bicyclic) bond motifs is 1. The summed E-state index contributed by atoms with van der Waals surface area (Å²) in [5.41, 5.74) is 0.965. The monoisotopic (exact) mass is 307 g/mol. The van der Waals surface area contributed by atoms with Gasteiger partial charge in [-0.25, -0.2) is 8.42 Å². The topological polar surface area (TPSA) is 46.2 Å². The molecule has 1 aliphatic heterocycles. The van der Waals surface area contributed by atoms with Gasteiger partial charge in [-0.1, -0.05) is 44.4 Å². The van der Waals surface area contributed by atoms with Gasteiger partial charge in [-0.3, -0.25) is 0 Å². The lowest BCUT2D eigenvalue weighted by Gasteiger charge is -2.32. The molecule has 1 aromatic carbocycles. The third-order valence-electron chi connectivity index (χ3n) is 5.09. The van der Waals surface area contributed by atoms with Crippen LogP contribution in [0.5, 0.6) is 0 Å². The molecule has 3 rings (SSSR count). The fourth-order valence-electron chi connectivity index (χ4n) is 3.97. The van der Waals surface area contributed by atoms with Crippen molar-refractivity contribution >= 4 is 9.84 Å². The van der Waals surface area contributed by atoms with Crippen LogP contribution in [0.1, 0.15) is 57.1 Å². The number of sulfone groups is 1. The molecule has 0 bridgehead atoms. The highest BCUT2D eigenvalue weighted by molar-refractivity contribution is 7.91. The van der Waals surface area contributed by atoms with E-state index in [4.69, 9.17) is 0 Å². The van der Waals surface area contributed by atoms with Crippen LogP contribution in [-0.4, -0.2) is 20.2 Å². The summed E-state index contributed by atoms with van der Waals surface area (Å²) >= 11 is 0. The van der Waals surface area contributed by atoms with Crippen molar-refractivity contribution in [1.82, 2.24) is 5.32 Å². The molecule has 1 aromatic rings. The summed E-state index contributed by atoms with van der Waals surface area (Å²) in [5.74, 6) is 0.925. The van der Waals surface area contributed by atoms with E-state index in [1.807, 2.05) is 18.2 Å². The molecule has 0 spiro atoms. The zero-order chi connectivity index (χ0) is 14.9. The minimum Gasteiger partial charge on any atom is -0.306 e. The SMILES string of the molecule is CCC(NC1CS(=O)(=O)c2ccccc21)C1CCCCC1. The molecule has 0 saturated heterocycles. The Morgan fingerprint density at radius 1 is 1.19 bits per heavy atom. The van der Waals surface area contributed by atoms with Crippen molar-refractivity contribution in [3.8, 4) is 0 Å². The number of hydrogen-bond donors (Lipinski definition) is 1. The van der Waals surface area contributed by atoms with Gasteiger partial charge in [0.1, 0.15) is 0 Å². The van der Waals surface area contributed by atoms with Crippen LogP contribution >= 0.6 is 0 Å². The van der Waals surface area contributed by atoms with Crippen LogP contribution in [-0.2, 0) is 9.84 Å². The average molecular weight is 307 g/mol. The van der Waals surface area contributed by atoms with Crippen LogP contribution in [0.15, 0.2) is 29.2 Å². The zero-order valence-corrected chi connectivity index (χ0v) is 13.5. The number of nitrogens with one attached hydrogen (secondary N) is 1. The Hall–Kier alpha value is -0.870. The van der Waals surface area contributed by atoms with E-state index in [1.54, 1.807) is 6.07 Å². The van der Waals surface area contributed by atoms with Crippen LogP contribution in [0.25, 0.3) is 0 Å². The summed E-state index contributed by atoms with van der Waals surface area (Å²) in [6.45, 7) is 2.21. The van der Waals surface area contributed by atoms with E-state index in [9.17, 15) is 8.42 Å². The first-order valence-electron chi connectivity index (χ1n) is 8.19. The van der Waals surface area contributed by atoms with Crippen LogP contribution in [0.3, 0.4) is 0 Å². The Labute approximate surface area is 128 Å². The molecule has 0 aromatic heterocycles. The molecule has 2 atom stereocenters. The van der Waals surface area contributed by atoms with Gasteiger partial charge in [0.05, 0.1) is 10.6 Å². The molecular formula is C17H25NO2S. The minimum absolute atomic E-state index is 0.0296. The maximum Gasteiger partial charge on any atom is 0.180 e. The summed E-state index contributed by atoms with van der Waals surface area (Å²) in [6, 6.07) is 7.88. The predicted molar refractivity (Wildman–Crippen MR) is 85.0 cm³/mol. The average Bonchev–Trinajstić information content (AvgIpc) is 2.77. The molecule has 0 amide bonds. The van der Waals surface area contributed by atoms with Gasteiger partial charge in [0, 0.05) is 12.1 Å². The molecule has 21 heavy (non-hydrogen) atoms. The Balaban J connectivity index is 1.78. The van der Waals surface area contributed by atoms with Crippen molar-refractivity contribution in [2.45, 2.75) is 62.4 Å². The normalized spacial score (nSPS) is 26.4. The van der Waals surface area contributed by atoms with Gasteiger partial charge < -0.3 is 5.32 Å². The maximum absolute atomic E-state index is 12.3. The van der Waals surface area contributed by atoms with Gasteiger partial charge in [-0.05, 0) is 36.8 Å². The first-order valence-corrected chi connectivity index (χ1v) is 9.85. The van der Waals surface area contributed by atoms with Gasteiger partial charge in [0.15, 0.2) is 9.84 Å². The molecule has 3 nitrogen and oxygen atoms in total. The molecule has 2 unspecified atom stereocenters. The highest BCUT2D eigenvalue weighted by Crippen LogP contribution is 2.35. The zero-order valence-electron chi connectivity index (χ0n) is 12.7. The summed E-state index contributed by atoms with van der Waals surface area (Å²) in [4.78, 5) is 0.529. The minimum atomic E-state index is -3.10. The molecule has 1 fully saturated rings. The summed E-state index contributed by atoms with van der Waals surface area (Å²) in [5, 5.41) is 3.67. The van der Waals surface area contributed by atoms with E-state index >= 15 is 0 Å². The lowest BCUT2D eigenvalue weighted by Crippen LogP contribution is -2.39. The van der Waals surface area contributed by atoms with Crippen molar-refractivity contribution in [3.05, 3.63) is 29.8 Å². The lowest BCUT2D eigenvalue weighted by molar-refractivity contribution is 0.250. The molecule has 4 heteroatoms. The first-order chi connectivity index (χ1) is 10.1. The van der Waals surface area contributed by atoms with E-state index in [2.05, 4.69) is 12.2 Å². The summed E-state index contributed by atoms with van der Waals surface area (Å²) in [6.07, 6.45) is 7.64. The molecule has 116 valence electrons. The fraction of sp³-hybridized carbons (Fsp3) is 0.647. The predicted octanol–water partition coefficient (Wildman–Crippen LogP) is 3.46. The summed E-state index contributed by atoms with van der Waals surface area (Å²) in [7, 11) is -3.10. The Morgan fingerprint density at radius 3 is 2.62 bits per heavy atom. The molecule has 1 saturated carbocycles. The lowest BCUT2D eigenvalue weighted by atomic mass is 9.82. The van der Waals surface area contributed by atoms with E-state index in [1.165, 1.54) is 32.1 Å². The second kappa shape index (κ2) is 6.09. The summed E-state index contributed by atoms with van der Waals surface area (Å²) < 4.78 is 24.5. The largest absolute Gasteiger partial charge is 0.306 e. The molecule has 2 aliphatic rings. The van der Waals surface area contributed by atoms with E-state index in [0.717, 1.165) is 12.0 Å². The number of hydrogen-bond acceptors (Lipinski definition) is 3. The first kappa shape index (κ1) is 15.0.